The molecule has 116 valence electrons. The Morgan fingerprint density at radius 3 is 2.36 bits per heavy atom. The molecule has 22 heavy (non-hydrogen) atoms. The summed E-state index contributed by atoms with van der Waals surface area (Å²) in [7, 11) is 2.07. The van der Waals surface area contributed by atoms with E-state index in [0.29, 0.717) is 27.1 Å². The zero-order valence-electron chi connectivity index (χ0n) is 12.4. The first kappa shape index (κ1) is 15.4. The summed E-state index contributed by atoms with van der Waals surface area (Å²) in [6.45, 7) is 7.32. The Bertz CT molecular complexity index is 663. The van der Waals surface area contributed by atoms with Gasteiger partial charge in [0.2, 0.25) is 0 Å². The van der Waals surface area contributed by atoms with Crippen molar-refractivity contribution in [1.29, 1.82) is 0 Å². The molecule has 0 radical (unpaired) electrons. The maximum atomic E-state index is 12.9. The van der Waals surface area contributed by atoms with Crippen LogP contribution in [0, 0.1) is 0 Å². The number of allylic oxidation sites excluding steroid dienone is 1. The van der Waals surface area contributed by atoms with Crippen LogP contribution in [0.25, 0.3) is 0 Å². The van der Waals surface area contributed by atoms with Crippen molar-refractivity contribution in [3.8, 4) is 0 Å². The van der Waals surface area contributed by atoms with Gasteiger partial charge in [-0.15, -0.1) is 0 Å². The standard InChI is InChI=1S/C16H17Cl2N3O/c1-11-14(18)15(20-9-7-19(2)8-10-20)16(22)21(11)13-6-4-3-5-12(13)17/h3-6H,1,7-10H2,2H3. The molecule has 2 aliphatic heterocycles. The highest BCUT2D eigenvalue weighted by atomic mass is 35.5. The zero-order valence-corrected chi connectivity index (χ0v) is 13.9. The molecule has 4 nitrogen and oxygen atoms in total. The predicted octanol–water partition coefficient (Wildman–Crippen LogP) is 2.90. The lowest BCUT2D eigenvalue weighted by molar-refractivity contribution is -0.115. The van der Waals surface area contributed by atoms with Gasteiger partial charge in [-0.05, 0) is 19.2 Å². The number of carbonyl (C=O) groups is 1. The van der Waals surface area contributed by atoms with Crippen molar-refractivity contribution in [2.24, 2.45) is 0 Å². The molecule has 1 fully saturated rings. The summed E-state index contributed by atoms with van der Waals surface area (Å²) < 4.78 is 0. The van der Waals surface area contributed by atoms with Crippen molar-refractivity contribution >= 4 is 34.8 Å². The van der Waals surface area contributed by atoms with Gasteiger partial charge in [0.25, 0.3) is 5.91 Å². The van der Waals surface area contributed by atoms with Gasteiger partial charge in [0.05, 0.1) is 21.4 Å². The van der Waals surface area contributed by atoms with Crippen molar-refractivity contribution in [2.75, 3.05) is 38.1 Å². The van der Waals surface area contributed by atoms with Crippen LogP contribution in [0.15, 0.2) is 47.3 Å². The largest absolute Gasteiger partial charge is 0.363 e. The number of anilines is 1. The van der Waals surface area contributed by atoms with Gasteiger partial charge < -0.3 is 9.80 Å². The average molecular weight is 338 g/mol. The fourth-order valence-electron chi connectivity index (χ4n) is 2.75. The second kappa shape index (κ2) is 5.95. The zero-order chi connectivity index (χ0) is 15.9. The van der Waals surface area contributed by atoms with Gasteiger partial charge in [-0.2, -0.15) is 0 Å². The lowest BCUT2D eigenvalue weighted by Crippen LogP contribution is -2.45. The SMILES string of the molecule is C=C1C(Cl)=C(N2CCN(C)CC2)C(=O)N1c1ccccc1Cl. The fourth-order valence-corrected chi connectivity index (χ4v) is 3.25. The van der Waals surface area contributed by atoms with Crippen LogP contribution < -0.4 is 4.90 Å². The molecule has 1 aromatic carbocycles. The van der Waals surface area contributed by atoms with E-state index < -0.39 is 0 Å². The third-order valence-electron chi connectivity index (χ3n) is 4.05. The lowest BCUT2D eigenvalue weighted by atomic mass is 10.2. The molecule has 0 N–H and O–H groups in total. The van der Waals surface area contributed by atoms with Gasteiger partial charge in [-0.1, -0.05) is 41.9 Å². The highest BCUT2D eigenvalue weighted by Gasteiger charge is 2.38. The number of likely N-dealkylation sites (N-methyl/N-ethyl adjacent to an activating group) is 1. The van der Waals surface area contributed by atoms with E-state index in [9.17, 15) is 4.79 Å². The van der Waals surface area contributed by atoms with Gasteiger partial charge in [0, 0.05) is 26.2 Å². The van der Waals surface area contributed by atoms with E-state index in [1.165, 1.54) is 4.90 Å². The molecule has 3 rings (SSSR count). The Hall–Kier alpha value is -1.49. The Morgan fingerprint density at radius 1 is 1.09 bits per heavy atom. The maximum absolute atomic E-state index is 12.9. The molecule has 0 saturated carbocycles. The van der Waals surface area contributed by atoms with Gasteiger partial charge in [0.1, 0.15) is 5.70 Å². The topological polar surface area (TPSA) is 26.8 Å². The first-order valence-corrected chi connectivity index (χ1v) is 7.88. The molecule has 1 amide bonds. The number of piperazine rings is 1. The molecule has 0 aromatic heterocycles. The molecular weight excluding hydrogens is 321 g/mol. The third-order valence-corrected chi connectivity index (χ3v) is 4.77. The van der Waals surface area contributed by atoms with E-state index in [2.05, 4.69) is 18.5 Å². The Kier molecular flexibility index (Phi) is 4.17. The van der Waals surface area contributed by atoms with Crippen molar-refractivity contribution in [3.63, 3.8) is 0 Å². The molecule has 0 spiro atoms. The summed E-state index contributed by atoms with van der Waals surface area (Å²) in [5, 5.41) is 0.913. The molecule has 2 aliphatic rings. The minimum absolute atomic E-state index is 0.160. The number of carbonyl (C=O) groups excluding carboxylic acids is 1. The molecule has 0 atom stereocenters. The highest BCUT2D eigenvalue weighted by Crippen LogP contribution is 2.39. The van der Waals surface area contributed by atoms with E-state index in [1.54, 1.807) is 12.1 Å². The third kappa shape index (κ3) is 2.51. The average Bonchev–Trinajstić information content (AvgIpc) is 2.72. The maximum Gasteiger partial charge on any atom is 0.280 e. The molecular formula is C16H17Cl2N3O. The summed E-state index contributed by atoms with van der Waals surface area (Å²) in [5.74, 6) is -0.160. The summed E-state index contributed by atoms with van der Waals surface area (Å²) in [5.41, 5.74) is 1.62. The second-order valence-electron chi connectivity index (χ2n) is 5.49. The van der Waals surface area contributed by atoms with Crippen LogP contribution in [-0.4, -0.2) is 48.9 Å². The van der Waals surface area contributed by atoms with Crippen LogP contribution in [0.3, 0.4) is 0 Å². The summed E-state index contributed by atoms with van der Waals surface area (Å²) in [6.07, 6.45) is 0. The summed E-state index contributed by atoms with van der Waals surface area (Å²) in [4.78, 5) is 18.6. The molecule has 0 aliphatic carbocycles. The Balaban J connectivity index is 1.92. The van der Waals surface area contributed by atoms with E-state index in [1.807, 2.05) is 17.0 Å². The van der Waals surface area contributed by atoms with E-state index in [0.717, 1.165) is 26.2 Å². The molecule has 0 unspecified atom stereocenters. The summed E-state index contributed by atoms with van der Waals surface area (Å²) >= 11 is 12.6. The summed E-state index contributed by atoms with van der Waals surface area (Å²) in [6, 6.07) is 7.21. The van der Waals surface area contributed by atoms with Crippen molar-refractivity contribution in [3.05, 3.63) is 52.3 Å². The number of benzene rings is 1. The number of nitrogens with zero attached hydrogens (tertiary/aromatic N) is 3. The van der Waals surface area contributed by atoms with Gasteiger partial charge in [0.15, 0.2) is 0 Å². The second-order valence-corrected chi connectivity index (χ2v) is 6.28. The monoisotopic (exact) mass is 337 g/mol. The minimum Gasteiger partial charge on any atom is -0.363 e. The predicted molar refractivity (Wildman–Crippen MR) is 90.0 cm³/mol. The van der Waals surface area contributed by atoms with Crippen molar-refractivity contribution in [2.45, 2.75) is 0 Å². The number of rotatable bonds is 2. The van der Waals surface area contributed by atoms with Gasteiger partial charge >= 0.3 is 0 Å². The van der Waals surface area contributed by atoms with Crippen LogP contribution >= 0.6 is 23.2 Å². The normalized spacial score (nSPS) is 20.3. The fraction of sp³-hybridized carbons (Fsp3) is 0.312. The van der Waals surface area contributed by atoms with Crippen LogP contribution in [0.5, 0.6) is 0 Å². The minimum atomic E-state index is -0.160. The first-order chi connectivity index (χ1) is 10.5. The van der Waals surface area contributed by atoms with E-state index in [4.69, 9.17) is 23.2 Å². The molecule has 0 bridgehead atoms. The van der Waals surface area contributed by atoms with Crippen molar-refractivity contribution < 1.29 is 4.79 Å². The first-order valence-electron chi connectivity index (χ1n) is 7.12. The lowest BCUT2D eigenvalue weighted by Gasteiger charge is -2.34. The number of amides is 1. The smallest absolute Gasteiger partial charge is 0.280 e. The van der Waals surface area contributed by atoms with E-state index in [-0.39, 0.29) is 5.91 Å². The number of hydrogen-bond acceptors (Lipinski definition) is 3. The number of para-hydroxylation sites is 1. The quantitative estimate of drug-likeness (QED) is 0.830. The molecule has 6 heteroatoms. The van der Waals surface area contributed by atoms with Crippen LogP contribution in [-0.2, 0) is 4.79 Å². The Morgan fingerprint density at radius 2 is 1.73 bits per heavy atom. The van der Waals surface area contributed by atoms with Crippen molar-refractivity contribution in [1.82, 2.24) is 9.80 Å². The molecule has 1 saturated heterocycles. The van der Waals surface area contributed by atoms with Gasteiger partial charge in [-0.3, -0.25) is 9.69 Å². The van der Waals surface area contributed by atoms with E-state index >= 15 is 0 Å². The Labute approximate surface area is 140 Å². The highest BCUT2D eigenvalue weighted by molar-refractivity contribution is 6.39. The number of hydrogen-bond donors (Lipinski definition) is 0. The molecule has 2 heterocycles. The number of halogens is 2. The van der Waals surface area contributed by atoms with Gasteiger partial charge in [-0.25, -0.2) is 0 Å². The van der Waals surface area contributed by atoms with Crippen LogP contribution in [0.2, 0.25) is 5.02 Å². The van der Waals surface area contributed by atoms with Crippen LogP contribution in [0.4, 0.5) is 5.69 Å². The van der Waals surface area contributed by atoms with Crippen LogP contribution in [0.1, 0.15) is 0 Å². The molecule has 1 aromatic rings.